The molecular weight excluding hydrogens is 244 g/mol. The van der Waals surface area contributed by atoms with Gasteiger partial charge >= 0.3 is 0 Å². The number of carbonyl (C=O) groups is 1. The number of hydrogen-bond acceptors (Lipinski definition) is 3. The van der Waals surface area contributed by atoms with Crippen LogP contribution in [0.15, 0.2) is 35.8 Å². The molecule has 1 amide bonds. The average Bonchev–Trinajstić information content (AvgIpc) is 2.98. The molecule has 1 aliphatic rings. The summed E-state index contributed by atoms with van der Waals surface area (Å²) in [6.07, 6.45) is 2.66. The van der Waals surface area contributed by atoms with E-state index in [0.717, 1.165) is 17.7 Å². The molecule has 0 N–H and O–H groups in total. The molecule has 0 aliphatic carbocycles. The maximum atomic E-state index is 12.3. The van der Waals surface area contributed by atoms with E-state index in [2.05, 4.69) is 29.4 Å². The van der Waals surface area contributed by atoms with Crippen molar-refractivity contribution in [2.75, 3.05) is 0 Å². The summed E-state index contributed by atoms with van der Waals surface area (Å²) < 4.78 is 0. The number of thiophene rings is 1. The number of fused-ring (bicyclic) bond motifs is 1. The highest BCUT2D eigenvalue weighted by Crippen LogP contribution is 2.24. The Balaban J connectivity index is 1.78. The van der Waals surface area contributed by atoms with Crippen LogP contribution >= 0.6 is 11.3 Å². The van der Waals surface area contributed by atoms with Crippen LogP contribution in [0.3, 0.4) is 0 Å². The lowest BCUT2D eigenvalue weighted by molar-refractivity contribution is 0.0717. The average molecular weight is 258 g/mol. The van der Waals surface area contributed by atoms with Gasteiger partial charge < -0.3 is 4.90 Å². The second kappa shape index (κ2) is 4.53. The zero-order valence-corrected chi connectivity index (χ0v) is 11.0. The van der Waals surface area contributed by atoms with Crippen molar-refractivity contribution in [3.63, 3.8) is 0 Å². The number of carbonyl (C=O) groups excluding carboxylic acids is 1. The van der Waals surface area contributed by atoms with Crippen LogP contribution in [0, 0.1) is 0 Å². The van der Waals surface area contributed by atoms with E-state index in [0.29, 0.717) is 6.54 Å². The van der Waals surface area contributed by atoms with Crippen molar-refractivity contribution in [2.45, 2.75) is 25.9 Å². The lowest BCUT2D eigenvalue weighted by atomic mass is 10.2. The molecule has 4 heteroatoms. The third-order valence-corrected chi connectivity index (χ3v) is 4.21. The molecule has 0 spiro atoms. The van der Waals surface area contributed by atoms with Gasteiger partial charge in [0, 0.05) is 23.5 Å². The molecule has 0 unspecified atom stereocenters. The fourth-order valence-electron chi connectivity index (χ4n) is 2.33. The number of amides is 1. The van der Waals surface area contributed by atoms with Crippen molar-refractivity contribution in [2.24, 2.45) is 0 Å². The quantitative estimate of drug-likeness (QED) is 0.848. The van der Waals surface area contributed by atoms with Gasteiger partial charge in [-0.3, -0.25) is 9.78 Å². The predicted molar refractivity (Wildman–Crippen MR) is 71.6 cm³/mol. The number of nitrogens with zero attached hydrogens (tertiary/aromatic N) is 2. The summed E-state index contributed by atoms with van der Waals surface area (Å²) in [5, 5.41) is 2.07. The Hall–Kier alpha value is -1.68. The van der Waals surface area contributed by atoms with Gasteiger partial charge in [0.05, 0.1) is 17.8 Å². The van der Waals surface area contributed by atoms with E-state index in [1.54, 1.807) is 17.5 Å². The Labute approximate surface area is 110 Å². The first kappa shape index (κ1) is 11.4. The minimum atomic E-state index is 0.113. The molecule has 0 saturated carbocycles. The summed E-state index contributed by atoms with van der Waals surface area (Å²) in [4.78, 5) is 19.8. The monoisotopic (exact) mass is 258 g/mol. The minimum absolute atomic E-state index is 0.113. The first-order valence-corrected chi connectivity index (χ1v) is 6.91. The predicted octanol–water partition coefficient (Wildman–Crippen LogP) is 2.73. The van der Waals surface area contributed by atoms with Crippen LogP contribution in [0.25, 0.3) is 0 Å². The highest BCUT2D eigenvalue weighted by atomic mass is 32.1. The molecule has 3 nitrogen and oxygen atoms in total. The Kier molecular flexibility index (Phi) is 2.88. The van der Waals surface area contributed by atoms with E-state index in [1.807, 2.05) is 17.0 Å². The van der Waals surface area contributed by atoms with Crippen LogP contribution in [0.2, 0.25) is 0 Å². The minimum Gasteiger partial charge on any atom is -0.330 e. The summed E-state index contributed by atoms with van der Waals surface area (Å²) in [6.45, 7) is 2.74. The van der Waals surface area contributed by atoms with Gasteiger partial charge in [-0.15, -0.1) is 11.3 Å². The summed E-state index contributed by atoms with van der Waals surface area (Å²) in [7, 11) is 0. The first-order chi connectivity index (χ1) is 8.75. The van der Waals surface area contributed by atoms with Crippen LogP contribution in [0.4, 0.5) is 0 Å². The summed E-state index contributed by atoms with van der Waals surface area (Å²) in [5.74, 6) is 0.113. The summed E-state index contributed by atoms with van der Waals surface area (Å²) in [6, 6.07) is 8.07. The van der Waals surface area contributed by atoms with Crippen LogP contribution in [-0.4, -0.2) is 21.8 Å². The molecule has 0 saturated heterocycles. The van der Waals surface area contributed by atoms with E-state index in [1.165, 1.54) is 4.88 Å². The lowest BCUT2D eigenvalue weighted by Crippen LogP contribution is -2.34. The summed E-state index contributed by atoms with van der Waals surface area (Å²) in [5.41, 5.74) is 1.66. The van der Waals surface area contributed by atoms with E-state index in [-0.39, 0.29) is 11.9 Å². The standard InChI is InChI=1S/C14H14N2OS/c1-10(8-11-4-3-7-18-11)16-9-13-12(14(16)17)5-2-6-15-13/h2-7,10H,8-9H2,1H3/t10-/m0/s1. The molecular formula is C14H14N2OS. The SMILES string of the molecule is C[C@@H](Cc1cccs1)N1Cc2ncccc2C1=O. The Bertz CT molecular complexity index is 565. The number of rotatable bonds is 3. The van der Waals surface area contributed by atoms with Gasteiger partial charge in [0.15, 0.2) is 0 Å². The van der Waals surface area contributed by atoms with E-state index < -0.39 is 0 Å². The molecule has 3 heterocycles. The fourth-order valence-corrected chi connectivity index (χ4v) is 3.16. The van der Waals surface area contributed by atoms with Crippen molar-refractivity contribution in [3.05, 3.63) is 52.0 Å². The molecule has 92 valence electrons. The number of hydrogen-bond donors (Lipinski definition) is 0. The van der Waals surface area contributed by atoms with Crippen molar-refractivity contribution in [1.82, 2.24) is 9.88 Å². The second-order valence-electron chi connectivity index (χ2n) is 4.56. The van der Waals surface area contributed by atoms with Gasteiger partial charge in [0.25, 0.3) is 5.91 Å². The maximum absolute atomic E-state index is 12.3. The van der Waals surface area contributed by atoms with Gasteiger partial charge in [-0.25, -0.2) is 0 Å². The molecule has 18 heavy (non-hydrogen) atoms. The zero-order chi connectivity index (χ0) is 12.5. The molecule has 1 aliphatic heterocycles. The largest absolute Gasteiger partial charge is 0.330 e. The second-order valence-corrected chi connectivity index (χ2v) is 5.60. The number of aromatic nitrogens is 1. The molecule has 0 radical (unpaired) electrons. The summed E-state index contributed by atoms with van der Waals surface area (Å²) >= 11 is 1.74. The Morgan fingerprint density at radius 3 is 3.06 bits per heavy atom. The van der Waals surface area contributed by atoms with Crippen LogP contribution < -0.4 is 0 Å². The normalized spacial score (nSPS) is 15.8. The molecule has 1 atom stereocenters. The van der Waals surface area contributed by atoms with Crippen molar-refractivity contribution >= 4 is 17.2 Å². The van der Waals surface area contributed by atoms with Gasteiger partial charge in [0.1, 0.15) is 0 Å². The van der Waals surface area contributed by atoms with Gasteiger partial charge in [-0.2, -0.15) is 0 Å². The number of pyridine rings is 1. The molecule has 0 bridgehead atoms. The van der Waals surface area contributed by atoms with Crippen molar-refractivity contribution < 1.29 is 4.79 Å². The molecule has 0 aromatic carbocycles. The first-order valence-electron chi connectivity index (χ1n) is 6.03. The van der Waals surface area contributed by atoms with Crippen molar-refractivity contribution in [3.8, 4) is 0 Å². The van der Waals surface area contributed by atoms with Crippen LogP contribution in [0.5, 0.6) is 0 Å². The smallest absolute Gasteiger partial charge is 0.256 e. The Morgan fingerprint density at radius 1 is 1.44 bits per heavy atom. The molecule has 0 fully saturated rings. The molecule has 3 rings (SSSR count). The van der Waals surface area contributed by atoms with Crippen LogP contribution in [-0.2, 0) is 13.0 Å². The lowest BCUT2D eigenvalue weighted by Gasteiger charge is -2.23. The van der Waals surface area contributed by atoms with Gasteiger partial charge in [-0.1, -0.05) is 6.07 Å². The molecule has 2 aromatic heterocycles. The van der Waals surface area contributed by atoms with Crippen molar-refractivity contribution in [1.29, 1.82) is 0 Å². The third kappa shape index (κ3) is 1.93. The van der Waals surface area contributed by atoms with E-state index in [4.69, 9.17) is 0 Å². The highest BCUT2D eigenvalue weighted by Gasteiger charge is 2.31. The third-order valence-electron chi connectivity index (χ3n) is 3.31. The van der Waals surface area contributed by atoms with Crippen LogP contribution in [0.1, 0.15) is 27.9 Å². The van der Waals surface area contributed by atoms with Gasteiger partial charge in [0.2, 0.25) is 0 Å². The fraction of sp³-hybridized carbons (Fsp3) is 0.286. The Morgan fingerprint density at radius 2 is 2.33 bits per heavy atom. The topological polar surface area (TPSA) is 33.2 Å². The van der Waals surface area contributed by atoms with E-state index >= 15 is 0 Å². The molecule has 2 aromatic rings. The zero-order valence-electron chi connectivity index (χ0n) is 10.2. The maximum Gasteiger partial charge on any atom is 0.256 e. The highest BCUT2D eigenvalue weighted by molar-refractivity contribution is 7.09. The van der Waals surface area contributed by atoms with E-state index in [9.17, 15) is 4.79 Å². The van der Waals surface area contributed by atoms with Gasteiger partial charge in [-0.05, 0) is 30.5 Å².